The lowest BCUT2D eigenvalue weighted by Crippen LogP contribution is -2.35. The molecule has 118 valence electrons. The molecule has 0 saturated carbocycles. The van der Waals surface area contributed by atoms with Gasteiger partial charge in [-0.15, -0.1) is 11.8 Å². The first-order valence-electron chi connectivity index (χ1n) is 6.74. The molecule has 1 aromatic rings. The third-order valence-electron chi connectivity index (χ3n) is 2.52. The van der Waals surface area contributed by atoms with Gasteiger partial charge in [0, 0.05) is 12.1 Å². The molecule has 3 nitrogen and oxygen atoms in total. The quantitative estimate of drug-likeness (QED) is 0.644. The minimum absolute atomic E-state index is 0.110. The summed E-state index contributed by atoms with van der Waals surface area (Å²) in [5.74, 6) is -1.91. The van der Waals surface area contributed by atoms with Crippen LogP contribution in [0.3, 0.4) is 0 Å². The standard InChI is InChI=1S/C15H21F2NO2S/c1-5-20-13(19)9-21-14-11(16)6-10(7-12(14)17)8-18-15(2,3)4/h6-7,18H,5,8-9H2,1-4H3. The van der Waals surface area contributed by atoms with Crippen LogP contribution in [0.5, 0.6) is 0 Å². The van der Waals surface area contributed by atoms with Gasteiger partial charge in [-0.3, -0.25) is 4.79 Å². The second kappa shape index (κ2) is 7.75. The first kappa shape index (κ1) is 17.9. The number of rotatable bonds is 6. The van der Waals surface area contributed by atoms with Gasteiger partial charge in [-0.05, 0) is 45.4 Å². The Labute approximate surface area is 128 Å². The number of benzene rings is 1. The summed E-state index contributed by atoms with van der Waals surface area (Å²) in [4.78, 5) is 11.1. The lowest BCUT2D eigenvalue weighted by molar-refractivity contribution is -0.139. The predicted molar refractivity (Wildman–Crippen MR) is 80.3 cm³/mol. The third-order valence-corrected chi connectivity index (χ3v) is 3.58. The lowest BCUT2D eigenvalue weighted by atomic mass is 10.1. The van der Waals surface area contributed by atoms with Crippen molar-refractivity contribution in [1.82, 2.24) is 5.32 Å². The minimum Gasteiger partial charge on any atom is -0.465 e. The fraction of sp³-hybridized carbons (Fsp3) is 0.533. The molecule has 0 bridgehead atoms. The van der Waals surface area contributed by atoms with E-state index in [1.54, 1.807) is 6.92 Å². The maximum atomic E-state index is 13.9. The Balaban J connectivity index is 2.73. The van der Waals surface area contributed by atoms with Gasteiger partial charge in [0.15, 0.2) is 0 Å². The van der Waals surface area contributed by atoms with Crippen LogP contribution in [0.4, 0.5) is 8.78 Å². The van der Waals surface area contributed by atoms with Crippen molar-refractivity contribution in [3.8, 4) is 0 Å². The number of hydrogen-bond acceptors (Lipinski definition) is 4. The molecule has 0 amide bonds. The molecule has 0 radical (unpaired) electrons. The summed E-state index contributed by atoms with van der Waals surface area (Å²) in [6.45, 7) is 8.23. The van der Waals surface area contributed by atoms with Gasteiger partial charge < -0.3 is 10.1 Å². The predicted octanol–water partition coefficient (Wildman–Crippen LogP) is 3.51. The molecule has 0 unspecified atom stereocenters. The van der Waals surface area contributed by atoms with Crippen molar-refractivity contribution in [3.05, 3.63) is 29.3 Å². The Kier molecular flexibility index (Phi) is 6.61. The maximum Gasteiger partial charge on any atom is 0.316 e. The molecule has 0 aromatic heterocycles. The zero-order valence-corrected chi connectivity index (χ0v) is 13.6. The van der Waals surface area contributed by atoms with E-state index in [9.17, 15) is 13.6 Å². The first-order chi connectivity index (χ1) is 9.73. The molecule has 0 aliphatic rings. The zero-order valence-electron chi connectivity index (χ0n) is 12.8. The lowest BCUT2D eigenvalue weighted by Gasteiger charge is -2.20. The van der Waals surface area contributed by atoms with E-state index in [4.69, 9.17) is 4.74 Å². The Morgan fingerprint density at radius 3 is 2.33 bits per heavy atom. The Hall–Kier alpha value is -1.14. The van der Waals surface area contributed by atoms with Crippen LogP contribution >= 0.6 is 11.8 Å². The van der Waals surface area contributed by atoms with E-state index in [1.807, 2.05) is 20.8 Å². The van der Waals surface area contributed by atoms with Crippen LogP contribution in [0.1, 0.15) is 33.3 Å². The molecular weight excluding hydrogens is 296 g/mol. The summed E-state index contributed by atoms with van der Waals surface area (Å²) in [7, 11) is 0. The van der Waals surface area contributed by atoms with Gasteiger partial charge in [-0.1, -0.05) is 0 Å². The number of thioether (sulfide) groups is 1. The van der Waals surface area contributed by atoms with Crippen LogP contribution in [0.15, 0.2) is 17.0 Å². The van der Waals surface area contributed by atoms with Crippen LogP contribution < -0.4 is 5.32 Å². The van der Waals surface area contributed by atoms with E-state index in [-0.39, 0.29) is 22.8 Å². The molecule has 0 aliphatic heterocycles. The fourth-order valence-electron chi connectivity index (χ4n) is 1.55. The zero-order chi connectivity index (χ0) is 16.0. The van der Waals surface area contributed by atoms with E-state index in [0.717, 1.165) is 11.8 Å². The Morgan fingerprint density at radius 1 is 1.29 bits per heavy atom. The van der Waals surface area contributed by atoms with Crippen LogP contribution in [0.25, 0.3) is 0 Å². The van der Waals surface area contributed by atoms with Crippen molar-refractivity contribution >= 4 is 17.7 Å². The van der Waals surface area contributed by atoms with Crippen LogP contribution in [0.2, 0.25) is 0 Å². The van der Waals surface area contributed by atoms with E-state index in [1.165, 1.54) is 12.1 Å². The summed E-state index contributed by atoms with van der Waals surface area (Å²) in [5, 5.41) is 3.16. The number of halogens is 2. The van der Waals surface area contributed by atoms with Crippen molar-refractivity contribution in [2.24, 2.45) is 0 Å². The van der Waals surface area contributed by atoms with Gasteiger partial charge in [0.2, 0.25) is 0 Å². The molecule has 0 saturated heterocycles. The summed E-state index contributed by atoms with van der Waals surface area (Å²) < 4.78 is 32.6. The van der Waals surface area contributed by atoms with Gasteiger partial charge in [0.05, 0.1) is 17.3 Å². The molecule has 0 fully saturated rings. The highest BCUT2D eigenvalue weighted by Gasteiger charge is 2.15. The number of esters is 1. The monoisotopic (exact) mass is 317 g/mol. The summed E-state index contributed by atoms with van der Waals surface area (Å²) >= 11 is 0.809. The van der Waals surface area contributed by atoms with Crippen molar-refractivity contribution in [2.45, 2.75) is 44.7 Å². The largest absolute Gasteiger partial charge is 0.465 e. The Morgan fingerprint density at radius 2 is 1.86 bits per heavy atom. The van der Waals surface area contributed by atoms with Gasteiger partial charge in [0.25, 0.3) is 0 Å². The highest BCUT2D eigenvalue weighted by atomic mass is 32.2. The van der Waals surface area contributed by atoms with Gasteiger partial charge in [-0.2, -0.15) is 0 Å². The smallest absolute Gasteiger partial charge is 0.316 e. The minimum atomic E-state index is -0.657. The third kappa shape index (κ3) is 6.44. The average Bonchev–Trinajstić information content (AvgIpc) is 2.35. The van der Waals surface area contributed by atoms with E-state index >= 15 is 0 Å². The van der Waals surface area contributed by atoms with Crippen LogP contribution in [-0.4, -0.2) is 23.9 Å². The van der Waals surface area contributed by atoms with Gasteiger partial charge in [-0.25, -0.2) is 8.78 Å². The van der Waals surface area contributed by atoms with Crippen LogP contribution in [-0.2, 0) is 16.1 Å². The average molecular weight is 317 g/mol. The molecule has 1 aromatic carbocycles. The highest BCUT2D eigenvalue weighted by molar-refractivity contribution is 8.00. The number of ether oxygens (including phenoxy) is 1. The van der Waals surface area contributed by atoms with E-state index in [2.05, 4.69) is 5.32 Å². The van der Waals surface area contributed by atoms with E-state index < -0.39 is 17.6 Å². The highest BCUT2D eigenvalue weighted by Crippen LogP contribution is 2.26. The van der Waals surface area contributed by atoms with Crippen molar-refractivity contribution < 1.29 is 18.3 Å². The summed E-state index contributed by atoms with van der Waals surface area (Å²) in [5.41, 5.74) is 0.394. The maximum absolute atomic E-state index is 13.9. The molecular formula is C15H21F2NO2S. The van der Waals surface area contributed by atoms with Crippen molar-refractivity contribution in [1.29, 1.82) is 0 Å². The molecule has 0 heterocycles. The topological polar surface area (TPSA) is 38.3 Å². The van der Waals surface area contributed by atoms with Gasteiger partial charge >= 0.3 is 5.97 Å². The molecule has 1 N–H and O–H groups in total. The normalized spacial score (nSPS) is 11.5. The Bertz CT molecular complexity index is 478. The number of nitrogens with one attached hydrogen (secondary N) is 1. The second-order valence-corrected chi connectivity index (χ2v) is 6.57. The molecule has 0 spiro atoms. The number of carbonyl (C=O) groups excluding carboxylic acids is 1. The second-order valence-electron chi connectivity index (χ2n) is 5.59. The molecule has 0 atom stereocenters. The molecule has 6 heteroatoms. The van der Waals surface area contributed by atoms with Crippen molar-refractivity contribution in [3.63, 3.8) is 0 Å². The van der Waals surface area contributed by atoms with Crippen molar-refractivity contribution in [2.75, 3.05) is 12.4 Å². The molecule has 1 rings (SSSR count). The summed E-state index contributed by atoms with van der Waals surface area (Å²) in [6, 6.07) is 2.57. The first-order valence-corrected chi connectivity index (χ1v) is 7.73. The number of hydrogen-bond donors (Lipinski definition) is 1. The molecule has 0 aliphatic carbocycles. The summed E-state index contributed by atoms with van der Waals surface area (Å²) in [6.07, 6.45) is 0. The fourth-order valence-corrected chi connectivity index (χ4v) is 2.29. The molecule has 21 heavy (non-hydrogen) atoms. The SMILES string of the molecule is CCOC(=O)CSc1c(F)cc(CNC(C)(C)C)cc1F. The number of carbonyl (C=O) groups is 1. The van der Waals surface area contributed by atoms with E-state index in [0.29, 0.717) is 12.1 Å². The van der Waals surface area contributed by atoms with Gasteiger partial charge in [0.1, 0.15) is 11.6 Å². The van der Waals surface area contributed by atoms with Crippen LogP contribution in [0, 0.1) is 11.6 Å².